The molecule has 8 heteroatoms. The van der Waals surface area contributed by atoms with Crippen molar-refractivity contribution in [2.24, 2.45) is 0 Å². The molecule has 0 radical (unpaired) electrons. The molecule has 136 valence electrons. The fraction of sp³-hybridized carbons (Fsp3) is 0.278. The lowest BCUT2D eigenvalue weighted by Crippen LogP contribution is -2.34. The van der Waals surface area contributed by atoms with Crippen molar-refractivity contribution in [1.29, 1.82) is 0 Å². The van der Waals surface area contributed by atoms with Crippen molar-refractivity contribution in [2.45, 2.75) is 25.7 Å². The summed E-state index contributed by atoms with van der Waals surface area (Å²) < 4.78 is 4.93. The van der Waals surface area contributed by atoms with Gasteiger partial charge < -0.3 is 10.1 Å². The van der Waals surface area contributed by atoms with Gasteiger partial charge in [-0.15, -0.1) is 11.3 Å². The molecule has 0 fully saturated rings. The molecule has 0 bridgehead atoms. The number of thiocarbonyl (C=S) groups is 1. The average molecular weight is 409 g/mol. The van der Waals surface area contributed by atoms with Crippen LogP contribution in [0.3, 0.4) is 0 Å². The van der Waals surface area contributed by atoms with Gasteiger partial charge in [-0.05, 0) is 55.6 Å². The summed E-state index contributed by atoms with van der Waals surface area (Å²) in [5.41, 5.74) is 1.87. The maximum absolute atomic E-state index is 12.3. The number of methoxy groups -OCH3 is 1. The highest BCUT2D eigenvalue weighted by atomic mass is 35.5. The molecule has 0 aliphatic heterocycles. The van der Waals surface area contributed by atoms with Crippen LogP contribution in [0.5, 0.6) is 0 Å². The molecule has 2 N–H and O–H groups in total. The molecule has 5 nitrogen and oxygen atoms in total. The van der Waals surface area contributed by atoms with Crippen LogP contribution in [0.25, 0.3) is 0 Å². The number of hydrogen-bond acceptors (Lipinski definition) is 5. The molecular weight excluding hydrogens is 392 g/mol. The van der Waals surface area contributed by atoms with E-state index < -0.39 is 11.9 Å². The fourth-order valence-corrected chi connectivity index (χ4v) is 4.68. The highest BCUT2D eigenvalue weighted by Crippen LogP contribution is 2.38. The molecule has 0 saturated carbocycles. The lowest BCUT2D eigenvalue weighted by Gasteiger charge is -2.12. The Hall–Kier alpha value is -1.96. The average Bonchev–Trinajstić information content (AvgIpc) is 2.98. The number of esters is 1. The van der Waals surface area contributed by atoms with E-state index in [0.717, 1.165) is 31.2 Å². The number of thiophene rings is 1. The van der Waals surface area contributed by atoms with E-state index in [4.69, 9.17) is 28.6 Å². The number of fused-ring (bicyclic) bond motifs is 1. The van der Waals surface area contributed by atoms with Crippen LogP contribution in [0, 0.1) is 0 Å². The maximum Gasteiger partial charge on any atom is 0.341 e. The minimum absolute atomic E-state index is 0.110. The van der Waals surface area contributed by atoms with Crippen LogP contribution >= 0.6 is 35.2 Å². The number of amides is 1. The predicted octanol–water partition coefficient (Wildman–Crippen LogP) is 4.19. The largest absolute Gasteiger partial charge is 0.465 e. The number of hydrogen-bond donors (Lipinski definition) is 2. The van der Waals surface area contributed by atoms with Crippen LogP contribution in [-0.4, -0.2) is 24.1 Å². The van der Waals surface area contributed by atoms with Gasteiger partial charge >= 0.3 is 5.97 Å². The molecule has 2 aromatic rings. The Morgan fingerprint density at radius 1 is 1.23 bits per heavy atom. The highest BCUT2D eigenvalue weighted by Gasteiger charge is 2.26. The van der Waals surface area contributed by atoms with Crippen molar-refractivity contribution in [3.05, 3.63) is 50.9 Å². The van der Waals surface area contributed by atoms with Crippen molar-refractivity contribution in [2.75, 3.05) is 12.4 Å². The Morgan fingerprint density at radius 2 is 1.96 bits per heavy atom. The molecule has 1 heterocycles. The first-order valence-electron chi connectivity index (χ1n) is 8.11. The van der Waals surface area contributed by atoms with Gasteiger partial charge in [-0.25, -0.2) is 4.79 Å². The van der Waals surface area contributed by atoms with E-state index in [0.29, 0.717) is 21.2 Å². The van der Waals surface area contributed by atoms with Crippen LogP contribution in [0.4, 0.5) is 5.00 Å². The number of benzene rings is 1. The zero-order valence-electron chi connectivity index (χ0n) is 14.1. The minimum atomic E-state index is -0.408. The molecule has 3 rings (SSSR count). The Bertz CT molecular complexity index is 879. The van der Waals surface area contributed by atoms with Gasteiger partial charge in [0.2, 0.25) is 0 Å². The third-order valence-corrected chi connectivity index (χ3v) is 5.87. The molecule has 0 saturated heterocycles. The summed E-state index contributed by atoms with van der Waals surface area (Å²) in [6, 6.07) is 6.72. The topological polar surface area (TPSA) is 67.4 Å². The monoisotopic (exact) mass is 408 g/mol. The minimum Gasteiger partial charge on any atom is -0.465 e. The molecule has 1 aromatic carbocycles. The van der Waals surface area contributed by atoms with Crippen molar-refractivity contribution in [3.63, 3.8) is 0 Å². The summed E-state index contributed by atoms with van der Waals surface area (Å²) in [5, 5.41) is 6.64. The van der Waals surface area contributed by atoms with E-state index in [9.17, 15) is 9.59 Å². The number of aryl methyl sites for hydroxylation is 1. The molecule has 1 amide bonds. The Balaban J connectivity index is 1.79. The molecule has 1 aliphatic rings. The van der Waals surface area contributed by atoms with Crippen LogP contribution < -0.4 is 10.6 Å². The number of halogens is 1. The summed E-state index contributed by atoms with van der Waals surface area (Å²) in [6.45, 7) is 0. The van der Waals surface area contributed by atoms with Crippen molar-refractivity contribution in [3.8, 4) is 0 Å². The Labute approximate surface area is 165 Å². The second-order valence-corrected chi connectivity index (χ2v) is 7.72. The number of nitrogens with one attached hydrogen (secondary N) is 2. The summed E-state index contributed by atoms with van der Waals surface area (Å²) in [7, 11) is 1.36. The molecular formula is C18H17ClN2O3S2. The third kappa shape index (κ3) is 3.90. The number of anilines is 1. The number of ether oxygens (including phenoxy) is 1. The van der Waals surface area contributed by atoms with Crippen LogP contribution in [0.1, 0.15) is 44.0 Å². The van der Waals surface area contributed by atoms with E-state index in [1.54, 1.807) is 24.3 Å². The maximum atomic E-state index is 12.3. The van der Waals surface area contributed by atoms with Gasteiger partial charge in [0.15, 0.2) is 5.11 Å². The van der Waals surface area contributed by atoms with E-state index >= 15 is 0 Å². The first kappa shape index (κ1) is 18.8. The first-order chi connectivity index (χ1) is 12.5. The van der Waals surface area contributed by atoms with Gasteiger partial charge in [0.05, 0.1) is 23.3 Å². The van der Waals surface area contributed by atoms with Gasteiger partial charge in [0.1, 0.15) is 5.00 Å². The van der Waals surface area contributed by atoms with Crippen LogP contribution in [-0.2, 0) is 17.6 Å². The molecule has 1 aromatic heterocycles. The molecule has 0 atom stereocenters. The number of carbonyl (C=O) groups excluding carboxylic acids is 2. The molecule has 1 aliphatic carbocycles. The lowest BCUT2D eigenvalue weighted by molar-refractivity contribution is 0.0601. The summed E-state index contributed by atoms with van der Waals surface area (Å²) in [4.78, 5) is 25.7. The van der Waals surface area contributed by atoms with Gasteiger partial charge in [-0.2, -0.15) is 0 Å². The third-order valence-electron chi connectivity index (χ3n) is 4.13. The SMILES string of the molecule is COC(=O)c1c(NC(=S)NC(=O)c2ccccc2Cl)sc2c1CCCC2. The zero-order chi connectivity index (χ0) is 18.7. The standard InChI is InChI=1S/C18H17ClN2O3S2/c1-24-17(23)14-11-7-3-5-9-13(11)26-16(14)21-18(25)20-15(22)10-6-2-4-8-12(10)19/h2,4,6,8H,3,5,7,9H2,1H3,(H2,20,21,22,25). The van der Waals surface area contributed by atoms with Crippen LogP contribution in [0.2, 0.25) is 5.02 Å². The van der Waals surface area contributed by atoms with Crippen LogP contribution in [0.15, 0.2) is 24.3 Å². The smallest absolute Gasteiger partial charge is 0.341 e. The Morgan fingerprint density at radius 3 is 2.69 bits per heavy atom. The summed E-state index contributed by atoms with van der Waals surface area (Å²) >= 11 is 12.8. The van der Waals surface area contributed by atoms with Gasteiger partial charge in [0, 0.05) is 4.88 Å². The summed E-state index contributed by atoms with van der Waals surface area (Å²) in [6.07, 6.45) is 3.92. The second-order valence-electron chi connectivity index (χ2n) is 5.79. The van der Waals surface area contributed by atoms with Gasteiger partial charge in [-0.3, -0.25) is 10.1 Å². The Kier molecular flexibility index (Phi) is 5.90. The van der Waals surface area contributed by atoms with E-state index in [2.05, 4.69) is 10.6 Å². The molecule has 26 heavy (non-hydrogen) atoms. The van der Waals surface area contributed by atoms with E-state index in [1.165, 1.54) is 23.3 Å². The van der Waals surface area contributed by atoms with Crippen molar-refractivity contribution in [1.82, 2.24) is 5.32 Å². The zero-order valence-corrected chi connectivity index (χ0v) is 16.4. The summed E-state index contributed by atoms with van der Waals surface area (Å²) in [5.74, 6) is -0.804. The van der Waals surface area contributed by atoms with Crippen molar-refractivity contribution >= 4 is 57.1 Å². The normalized spacial score (nSPS) is 12.8. The van der Waals surface area contributed by atoms with Gasteiger partial charge in [-0.1, -0.05) is 23.7 Å². The predicted molar refractivity (Wildman–Crippen MR) is 107 cm³/mol. The molecule has 0 spiro atoms. The number of carbonyl (C=O) groups is 2. The first-order valence-corrected chi connectivity index (χ1v) is 9.71. The highest BCUT2D eigenvalue weighted by molar-refractivity contribution is 7.80. The lowest BCUT2D eigenvalue weighted by atomic mass is 9.95. The molecule has 0 unspecified atom stereocenters. The van der Waals surface area contributed by atoms with Crippen molar-refractivity contribution < 1.29 is 14.3 Å². The van der Waals surface area contributed by atoms with E-state index in [-0.39, 0.29) is 5.11 Å². The fourth-order valence-electron chi connectivity index (χ4n) is 2.92. The second kappa shape index (κ2) is 8.16. The number of rotatable bonds is 3. The van der Waals surface area contributed by atoms with Gasteiger partial charge in [0.25, 0.3) is 5.91 Å². The van der Waals surface area contributed by atoms with E-state index in [1.807, 2.05) is 0 Å². The quantitative estimate of drug-likeness (QED) is 0.588.